The molecule has 0 radical (unpaired) electrons. The molecule has 2 aromatic heterocycles. The van der Waals surface area contributed by atoms with Gasteiger partial charge in [0.15, 0.2) is 10.8 Å². The van der Waals surface area contributed by atoms with Crippen molar-refractivity contribution >= 4 is 32.7 Å². The molecule has 0 atom stereocenters. The van der Waals surface area contributed by atoms with Gasteiger partial charge in [0.2, 0.25) is 5.91 Å². The van der Waals surface area contributed by atoms with Crippen LogP contribution in [0.2, 0.25) is 0 Å². The number of aryl methyl sites for hydroxylation is 1. The Balaban J connectivity index is 1.23. The molecule has 1 aliphatic heterocycles. The lowest BCUT2D eigenvalue weighted by Gasteiger charge is -2.32. The van der Waals surface area contributed by atoms with Gasteiger partial charge < -0.3 is 10.2 Å². The number of carbonyl (C=O) groups excluding carboxylic acids is 1. The van der Waals surface area contributed by atoms with Crippen LogP contribution in [0.3, 0.4) is 0 Å². The molecule has 1 saturated heterocycles. The van der Waals surface area contributed by atoms with Crippen LogP contribution in [0.15, 0.2) is 48.5 Å². The highest BCUT2D eigenvalue weighted by atomic mass is 32.1. The van der Waals surface area contributed by atoms with Crippen LogP contribution in [-0.4, -0.2) is 39.8 Å². The molecule has 33 heavy (non-hydrogen) atoms. The second-order valence-electron chi connectivity index (χ2n) is 8.26. The number of nitrogens with one attached hydrogen (secondary N) is 1. The maximum atomic E-state index is 13.3. The first-order valence-corrected chi connectivity index (χ1v) is 11.7. The number of piperidine rings is 1. The molecule has 0 bridgehead atoms. The van der Waals surface area contributed by atoms with Gasteiger partial charge in [-0.25, -0.2) is 13.5 Å². The summed E-state index contributed by atoms with van der Waals surface area (Å²) in [5.41, 5.74) is 3.10. The number of fused-ring (bicyclic) bond motifs is 1. The molecule has 6 nitrogen and oxygen atoms in total. The molecule has 170 valence electrons. The smallest absolute Gasteiger partial charge is 0.224 e. The fourth-order valence-electron chi connectivity index (χ4n) is 4.15. The van der Waals surface area contributed by atoms with Crippen LogP contribution < -0.4 is 10.2 Å². The van der Waals surface area contributed by atoms with Gasteiger partial charge >= 0.3 is 0 Å². The average Bonchev–Trinajstić information content (AvgIpc) is 3.35. The Morgan fingerprint density at radius 1 is 1.12 bits per heavy atom. The van der Waals surface area contributed by atoms with Crippen molar-refractivity contribution in [2.24, 2.45) is 0 Å². The predicted octanol–water partition coefficient (Wildman–Crippen LogP) is 4.40. The fourth-order valence-corrected chi connectivity index (χ4v) is 5.19. The molecule has 0 spiro atoms. The molecular weight excluding hydrogens is 444 g/mol. The van der Waals surface area contributed by atoms with E-state index in [2.05, 4.69) is 15.3 Å². The van der Waals surface area contributed by atoms with Gasteiger partial charge in [-0.1, -0.05) is 23.5 Å². The largest absolute Gasteiger partial charge is 0.353 e. The molecule has 1 aliphatic rings. The van der Waals surface area contributed by atoms with Gasteiger partial charge in [0, 0.05) is 19.1 Å². The van der Waals surface area contributed by atoms with Gasteiger partial charge in [0.1, 0.15) is 11.6 Å². The maximum absolute atomic E-state index is 13.3. The minimum atomic E-state index is -0.331. The number of anilines is 1. The molecular formula is C24H23F2N5OS. The minimum Gasteiger partial charge on any atom is -0.353 e. The van der Waals surface area contributed by atoms with Crippen molar-refractivity contribution in [2.75, 3.05) is 18.0 Å². The number of amides is 1. The Hall–Kier alpha value is -3.33. The number of hydrogen-bond donors (Lipinski definition) is 1. The Morgan fingerprint density at radius 3 is 2.61 bits per heavy atom. The van der Waals surface area contributed by atoms with Crippen molar-refractivity contribution in [1.82, 2.24) is 20.1 Å². The minimum absolute atomic E-state index is 0.0888. The Kier molecular flexibility index (Phi) is 5.80. The Labute approximate surface area is 193 Å². The summed E-state index contributed by atoms with van der Waals surface area (Å²) in [6.45, 7) is 3.51. The van der Waals surface area contributed by atoms with Crippen molar-refractivity contribution < 1.29 is 13.6 Å². The molecule has 1 amide bonds. The van der Waals surface area contributed by atoms with Crippen LogP contribution in [0, 0.1) is 18.6 Å². The summed E-state index contributed by atoms with van der Waals surface area (Å²) in [5.74, 6) is -0.708. The van der Waals surface area contributed by atoms with E-state index in [1.807, 2.05) is 6.92 Å². The first-order valence-electron chi connectivity index (χ1n) is 10.9. The highest BCUT2D eigenvalue weighted by molar-refractivity contribution is 7.22. The van der Waals surface area contributed by atoms with Crippen molar-refractivity contribution in [1.29, 1.82) is 0 Å². The zero-order chi connectivity index (χ0) is 22.9. The van der Waals surface area contributed by atoms with Crippen LogP contribution in [0.25, 0.3) is 16.0 Å². The number of halogens is 2. The number of hydrogen-bond acceptors (Lipinski definition) is 5. The van der Waals surface area contributed by atoms with Gasteiger partial charge in [0.05, 0.1) is 22.5 Å². The summed E-state index contributed by atoms with van der Waals surface area (Å²) in [6.07, 6.45) is 1.80. The van der Waals surface area contributed by atoms with E-state index in [4.69, 9.17) is 4.98 Å². The van der Waals surface area contributed by atoms with E-state index in [1.54, 1.807) is 40.3 Å². The van der Waals surface area contributed by atoms with Gasteiger partial charge in [-0.15, -0.1) is 0 Å². The molecule has 5 rings (SSSR count). The second-order valence-corrected chi connectivity index (χ2v) is 9.24. The van der Waals surface area contributed by atoms with Gasteiger partial charge in [-0.05, 0) is 61.7 Å². The summed E-state index contributed by atoms with van der Waals surface area (Å²) in [4.78, 5) is 19.4. The summed E-state index contributed by atoms with van der Waals surface area (Å²) in [7, 11) is 0. The summed E-state index contributed by atoms with van der Waals surface area (Å²) in [6, 6.07) is 12.4. The van der Waals surface area contributed by atoms with Crippen molar-refractivity contribution in [2.45, 2.75) is 32.2 Å². The summed E-state index contributed by atoms with van der Waals surface area (Å²) >= 11 is 1.60. The van der Waals surface area contributed by atoms with Crippen LogP contribution >= 0.6 is 11.3 Å². The van der Waals surface area contributed by atoms with Gasteiger partial charge in [0.25, 0.3) is 0 Å². The molecule has 0 unspecified atom stereocenters. The normalized spacial score (nSPS) is 14.7. The first kappa shape index (κ1) is 21.5. The van der Waals surface area contributed by atoms with E-state index in [1.165, 1.54) is 24.3 Å². The van der Waals surface area contributed by atoms with Crippen molar-refractivity contribution in [3.63, 3.8) is 0 Å². The predicted molar refractivity (Wildman–Crippen MR) is 125 cm³/mol. The number of thiazole rings is 1. The highest BCUT2D eigenvalue weighted by Crippen LogP contribution is 2.33. The van der Waals surface area contributed by atoms with E-state index in [9.17, 15) is 13.6 Å². The Morgan fingerprint density at radius 2 is 1.88 bits per heavy atom. The maximum Gasteiger partial charge on any atom is 0.224 e. The fraction of sp³-hybridized carbons (Fsp3) is 0.292. The monoisotopic (exact) mass is 467 g/mol. The number of nitrogens with zero attached hydrogens (tertiary/aromatic N) is 4. The summed E-state index contributed by atoms with van der Waals surface area (Å²) < 4.78 is 29.4. The molecule has 0 saturated carbocycles. The quantitative estimate of drug-likeness (QED) is 0.473. The van der Waals surface area contributed by atoms with E-state index in [0.29, 0.717) is 5.56 Å². The van der Waals surface area contributed by atoms with Crippen molar-refractivity contribution in [3.05, 3.63) is 71.4 Å². The van der Waals surface area contributed by atoms with Crippen molar-refractivity contribution in [3.8, 4) is 5.69 Å². The van der Waals surface area contributed by atoms with Gasteiger partial charge in [-0.3, -0.25) is 4.79 Å². The van der Waals surface area contributed by atoms with E-state index in [0.717, 1.165) is 52.8 Å². The molecule has 3 heterocycles. The molecule has 1 N–H and O–H groups in total. The van der Waals surface area contributed by atoms with Crippen LogP contribution in [0.5, 0.6) is 0 Å². The molecule has 2 aromatic carbocycles. The lowest BCUT2D eigenvalue weighted by molar-refractivity contribution is -0.121. The topological polar surface area (TPSA) is 63.1 Å². The molecule has 0 aliphatic carbocycles. The lowest BCUT2D eigenvalue weighted by Crippen LogP contribution is -2.45. The van der Waals surface area contributed by atoms with E-state index >= 15 is 0 Å². The van der Waals surface area contributed by atoms with Crippen LogP contribution in [0.1, 0.15) is 24.1 Å². The van der Waals surface area contributed by atoms with E-state index < -0.39 is 0 Å². The first-order chi connectivity index (χ1) is 16.0. The number of benzene rings is 2. The Bertz CT molecular complexity index is 1290. The summed E-state index contributed by atoms with van der Waals surface area (Å²) in [5, 5.41) is 8.57. The second kappa shape index (κ2) is 8.90. The zero-order valence-electron chi connectivity index (χ0n) is 18.1. The third-order valence-corrected chi connectivity index (χ3v) is 7.05. The SMILES string of the molecule is Cc1nn(-c2ccc(F)cc2)c2nc(N3CCC(NC(=O)Cc4cccc(F)c4)CC3)sc12. The standard InChI is InChI=1S/C24H23F2N5OS/c1-15-22-23(31(29-15)20-7-5-17(25)6-8-20)28-24(33-22)30-11-9-19(10-12-30)27-21(32)14-16-3-2-4-18(26)13-16/h2-8,13,19H,9-12,14H2,1H3,(H,27,32). The number of aromatic nitrogens is 3. The highest BCUT2D eigenvalue weighted by Gasteiger charge is 2.24. The zero-order valence-corrected chi connectivity index (χ0v) is 18.9. The molecule has 4 aromatic rings. The van der Waals surface area contributed by atoms with E-state index in [-0.39, 0.29) is 30.0 Å². The van der Waals surface area contributed by atoms with Crippen LogP contribution in [0.4, 0.5) is 13.9 Å². The number of carbonyl (C=O) groups is 1. The molecule has 9 heteroatoms. The van der Waals surface area contributed by atoms with Crippen LogP contribution in [-0.2, 0) is 11.2 Å². The third kappa shape index (κ3) is 4.59. The average molecular weight is 468 g/mol. The third-order valence-electron chi connectivity index (χ3n) is 5.83. The number of rotatable bonds is 5. The lowest BCUT2D eigenvalue weighted by atomic mass is 10.0. The van der Waals surface area contributed by atoms with Gasteiger partial charge in [-0.2, -0.15) is 10.1 Å². The molecule has 1 fully saturated rings.